The van der Waals surface area contributed by atoms with E-state index in [9.17, 15) is 40.5 Å². The van der Waals surface area contributed by atoms with E-state index in [2.05, 4.69) is 6.58 Å². The predicted molar refractivity (Wildman–Crippen MR) is 113 cm³/mol. The summed E-state index contributed by atoms with van der Waals surface area (Å²) in [6, 6.07) is 0. The van der Waals surface area contributed by atoms with Crippen molar-refractivity contribution in [3.05, 3.63) is 36.1 Å². The van der Waals surface area contributed by atoms with Crippen molar-refractivity contribution < 1.29 is 69.0 Å². The van der Waals surface area contributed by atoms with Crippen LogP contribution in [0.1, 0.15) is 0 Å². The minimum absolute atomic E-state index is 0.0490. The van der Waals surface area contributed by atoms with Crippen molar-refractivity contribution in [2.24, 2.45) is 5.92 Å². The van der Waals surface area contributed by atoms with E-state index in [1.807, 2.05) is 0 Å². The number of cyclic esters (lactones) is 1. The van der Waals surface area contributed by atoms with Crippen LogP contribution in [0.15, 0.2) is 36.1 Å². The number of aliphatic hydroxyl groups is 7. The number of ether oxygens (including phenoxy) is 6. The third kappa shape index (κ3) is 4.94. The van der Waals surface area contributed by atoms with Crippen molar-refractivity contribution in [3.63, 3.8) is 0 Å². The quantitative estimate of drug-likeness (QED) is 0.127. The fourth-order valence-corrected chi connectivity index (χ4v) is 4.47. The van der Waals surface area contributed by atoms with Gasteiger partial charge in [-0.1, -0.05) is 6.08 Å². The lowest BCUT2D eigenvalue weighted by Gasteiger charge is -2.46. The Morgan fingerprint density at radius 2 is 1.53 bits per heavy atom. The molecule has 0 aliphatic carbocycles. The molecule has 0 amide bonds. The van der Waals surface area contributed by atoms with Crippen LogP contribution in [0.3, 0.4) is 0 Å². The topological polar surface area (TPSA) is 214 Å². The predicted octanol–water partition coefficient (Wildman–Crippen LogP) is -3.85. The molecule has 0 aromatic carbocycles. The van der Waals surface area contributed by atoms with Gasteiger partial charge in [-0.3, -0.25) is 0 Å². The molecule has 0 aromatic rings. The number of carbonyl (C=O) groups is 1. The summed E-state index contributed by atoms with van der Waals surface area (Å²) >= 11 is 0. The molecule has 14 nitrogen and oxygen atoms in total. The first kappa shape index (κ1) is 27.1. The molecule has 0 radical (unpaired) electrons. The van der Waals surface area contributed by atoms with Gasteiger partial charge in [0.25, 0.3) is 0 Å². The molecule has 4 heterocycles. The van der Waals surface area contributed by atoms with Crippen molar-refractivity contribution in [1.29, 1.82) is 0 Å². The summed E-state index contributed by atoms with van der Waals surface area (Å²) in [6.07, 6.45) is -12.7. The van der Waals surface area contributed by atoms with Crippen molar-refractivity contribution in [2.75, 3.05) is 19.8 Å². The molecule has 12 atom stereocenters. The lowest BCUT2D eigenvalue weighted by atomic mass is 9.89. The number of fused-ring (bicyclic) bond motifs is 1. The molecule has 12 unspecified atom stereocenters. The SMILES string of the molecule is C=CC1C2=CCOC(=O)C2=COC1OC1OC(CO)C(OC2OC(CO)C(O)C(O)C2O)C(O)C1O. The molecule has 0 bridgehead atoms. The monoisotopic (exact) mass is 518 g/mol. The van der Waals surface area contributed by atoms with Crippen LogP contribution < -0.4 is 0 Å². The molecular formula is C22H30O14. The molecule has 2 saturated heterocycles. The van der Waals surface area contributed by atoms with E-state index in [1.54, 1.807) is 6.08 Å². The lowest BCUT2D eigenvalue weighted by Crippen LogP contribution is -2.65. The van der Waals surface area contributed by atoms with Gasteiger partial charge in [-0.15, -0.1) is 6.58 Å². The minimum Gasteiger partial charge on any atom is -0.471 e. The maximum absolute atomic E-state index is 12.0. The van der Waals surface area contributed by atoms with E-state index in [4.69, 9.17) is 28.4 Å². The van der Waals surface area contributed by atoms with Gasteiger partial charge in [0, 0.05) is 0 Å². The lowest BCUT2D eigenvalue weighted by molar-refractivity contribution is -0.371. The van der Waals surface area contributed by atoms with Gasteiger partial charge < -0.3 is 64.2 Å². The molecule has 14 heteroatoms. The van der Waals surface area contributed by atoms with Crippen molar-refractivity contribution in [3.8, 4) is 0 Å². The number of rotatable bonds is 7. The number of esters is 1. The van der Waals surface area contributed by atoms with Crippen molar-refractivity contribution in [2.45, 2.75) is 67.7 Å². The number of carbonyl (C=O) groups excluding carboxylic acids is 1. The van der Waals surface area contributed by atoms with Gasteiger partial charge in [0.05, 0.1) is 24.7 Å². The number of aliphatic hydroxyl groups excluding tert-OH is 7. The Hall–Kier alpha value is -1.95. The third-order valence-electron chi connectivity index (χ3n) is 6.50. The van der Waals surface area contributed by atoms with Crippen LogP contribution in [0.25, 0.3) is 0 Å². The fourth-order valence-electron chi connectivity index (χ4n) is 4.47. The Labute approximate surface area is 205 Å². The molecule has 202 valence electrons. The second-order valence-corrected chi connectivity index (χ2v) is 8.70. The zero-order valence-electron chi connectivity index (χ0n) is 19.0. The van der Waals surface area contributed by atoms with Crippen LogP contribution in [0.2, 0.25) is 0 Å². The van der Waals surface area contributed by atoms with Crippen molar-refractivity contribution >= 4 is 5.97 Å². The zero-order valence-corrected chi connectivity index (χ0v) is 19.0. The summed E-state index contributed by atoms with van der Waals surface area (Å²) in [5.41, 5.74) is 0.739. The first-order valence-electron chi connectivity index (χ1n) is 11.3. The maximum atomic E-state index is 12.0. The molecule has 4 aliphatic rings. The van der Waals surface area contributed by atoms with Crippen molar-refractivity contribution in [1.82, 2.24) is 0 Å². The average Bonchev–Trinajstić information content (AvgIpc) is 2.88. The van der Waals surface area contributed by atoms with Gasteiger partial charge in [0.15, 0.2) is 12.6 Å². The summed E-state index contributed by atoms with van der Waals surface area (Å²) in [4.78, 5) is 12.0. The van der Waals surface area contributed by atoms with Gasteiger partial charge in [0.2, 0.25) is 6.29 Å². The Bertz CT molecular complexity index is 871. The normalized spacial score (nSPS) is 45.0. The summed E-state index contributed by atoms with van der Waals surface area (Å²) in [5.74, 6) is -1.22. The summed E-state index contributed by atoms with van der Waals surface area (Å²) < 4.78 is 32.6. The molecule has 7 N–H and O–H groups in total. The Balaban J connectivity index is 1.46. The molecular weight excluding hydrogens is 488 g/mol. The maximum Gasteiger partial charge on any atom is 0.341 e. The largest absolute Gasteiger partial charge is 0.471 e. The fraction of sp³-hybridized carbons (Fsp3) is 0.682. The summed E-state index contributed by atoms with van der Waals surface area (Å²) in [5, 5.41) is 70.7. The van der Waals surface area contributed by atoms with Gasteiger partial charge in [-0.25, -0.2) is 4.79 Å². The van der Waals surface area contributed by atoms with Crippen LogP contribution >= 0.6 is 0 Å². The third-order valence-corrected chi connectivity index (χ3v) is 6.50. The van der Waals surface area contributed by atoms with Crippen LogP contribution in [-0.2, 0) is 33.2 Å². The highest BCUT2D eigenvalue weighted by atomic mass is 16.8. The van der Waals surface area contributed by atoms with E-state index in [0.717, 1.165) is 6.26 Å². The van der Waals surface area contributed by atoms with E-state index >= 15 is 0 Å². The smallest absolute Gasteiger partial charge is 0.341 e. The zero-order chi connectivity index (χ0) is 26.1. The van der Waals surface area contributed by atoms with Crippen LogP contribution in [0, 0.1) is 5.92 Å². The number of hydrogen-bond acceptors (Lipinski definition) is 14. The van der Waals surface area contributed by atoms with Gasteiger partial charge in [-0.05, 0) is 11.6 Å². The van der Waals surface area contributed by atoms with E-state index < -0.39 is 92.8 Å². The van der Waals surface area contributed by atoms with Gasteiger partial charge in [-0.2, -0.15) is 0 Å². The molecule has 4 rings (SSSR count). The van der Waals surface area contributed by atoms with Gasteiger partial charge in [0.1, 0.15) is 61.7 Å². The highest BCUT2D eigenvalue weighted by Crippen LogP contribution is 2.36. The summed E-state index contributed by atoms with van der Waals surface area (Å²) in [7, 11) is 0. The minimum atomic E-state index is -1.78. The molecule has 4 aliphatic heterocycles. The van der Waals surface area contributed by atoms with Crippen LogP contribution in [-0.4, -0.2) is 129 Å². The van der Waals surface area contributed by atoms with E-state index in [1.165, 1.54) is 6.08 Å². The molecule has 0 saturated carbocycles. The molecule has 2 fully saturated rings. The van der Waals surface area contributed by atoms with E-state index in [-0.39, 0.29) is 12.2 Å². The molecule has 0 aromatic heterocycles. The average molecular weight is 518 g/mol. The Kier molecular flexibility index (Phi) is 8.43. The first-order valence-corrected chi connectivity index (χ1v) is 11.3. The van der Waals surface area contributed by atoms with E-state index in [0.29, 0.717) is 5.57 Å². The van der Waals surface area contributed by atoms with Crippen LogP contribution in [0.5, 0.6) is 0 Å². The Morgan fingerprint density at radius 1 is 0.889 bits per heavy atom. The molecule has 36 heavy (non-hydrogen) atoms. The highest BCUT2D eigenvalue weighted by molar-refractivity contribution is 5.94. The second-order valence-electron chi connectivity index (χ2n) is 8.70. The molecule has 0 spiro atoms. The second kappa shape index (κ2) is 11.2. The first-order chi connectivity index (χ1) is 17.2. The Morgan fingerprint density at radius 3 is 2.19 bits per heavy atom. The summed E-state index contributed by atoms with van der Waals surface area (Å²) in [6.45, 7) is 2.36. The highest BCUT2D eigenvalue weighted by Gasteiger charge is 2.51. The van der Waals surface area contributed by atoms with Gasteiger partial charge >= 0.3 is 5.97 Å². The van der Waals surface area contributed by atoms with Crippen LogP contribution in [0.4, 0.5) is 0 Å². The standard InChI is InChI=1S/C22H30O14/c1-2-8-9-3-4-31-19(30)10(9)7-32-20(8)36-22-17(29)15(27)18(12(6-24)34-22)35-21-16(28)14(26)13(25)11(5-23)33-21/h2-3,7-8,11-18,20-29H,1,4-6H2. The number of hydrogen-bond donors (Lipinski definition) is 7.